The van der Waals surface area contributed by atoms with E-state index in [-0.39, 0.29) is 17.6 Å². The van der Waals surface area contributed by atoms with Gasteiger partial charge in [0.15, 0.2) is 0 Å². The monoisotopic (exact) mass is 319 g/mol. The van der Waals surface area contributed by atoms with Crippen molar-refractivity contribution in [2.45, 2.75) is 38.7 Å². The number of fused-ring (bicyclic) bond motifs is 1. The number of nitrogens with one attached hydrogen (secondary N) is 2. The molecule has 2 unspecified atom stereocenters. The van der Waals surface area contributed by atoms with E-state index in [1.807, 2.05) is 0 Å². The molecule has 0 saturated heterocycles. The minimum Gasteiger partial charge on any atom is -0.376 e. The molecule has 0 spiro atoms. The predicted molar refractivity (Wildman–Crippen MR) is 85.8 cm³/mol. The lowest BCUT2D eigenvalue weighted by molar-refractivity contribution is -0.00293. The highest BCUT2D eigenvalue weighted by Gasteiger charge is 2.21. The minimum atomic E-state index is -0.459. The van der Waals surface area contributed by atoms with E-state index in [1.54, 1.807) is 0 Å². The molecule has 1 amide bonds. The molecule has 1 heterocycles. The highest BCUT2D eigenvalue weighted by atomic mass is 19.1. The molecule has 124 valence electrons. The van der Waals surface area contributed by atoms with E-state index in [4.69, 9.17) is 4.74 Å². The summed E-state index contributed by atoms with van der Waals surface area (Å²) in [7, 11) is 0. The summed E-state index contributed by atoms with van der Waals surface area (Å²) in [6, 6.07) is 2.54. The summed E-state index contributed by atoms with van der Waals surface area (Å²) in [6.07, 6.45) is 6.52. The van der Waals surface area contributed by atoms with Gasteiger partial charge < -0.3 is 15.0 Å². The van der Waals surface area contributed by atoms with E-state index < -0.39 is 5.82 Å². The number of nitrogens with zero attached hydrogens (tertiary/aromatic N) is 1. The fourth-order valence-corrected chi connectivity index (χ4v) is 3.19. The van der Waals surface area contributed by atoms with Crippen molar-refractivity contribution in [3.8, 4) is 0 Å². The third-order valence-electron chi connectivity index (χ3n) is 4.49. The summed E-state index contributed by atoms with van der Waals surface area (Å²) in [4.78, 5) is 19.1. The number of halogens is 1. The summed E-state index contributed by atoms with van der Waals surface area (Å²) < 4.78 is 19.4. The molecular weight excluding hydrogens is 297 g/mol. The predicted octanol–water partition coefficient (Wildman–Crippen LogP) is 3.03. The molecule has 0 radical (unpaired) electrons. The minimum absolute atomic E-state index is 0.243. The number of hydrogen-bond acceptors (Lipinski definition) is 3. The quantitative estimate of drug-likeness (QED) is 0.833. The van der Waals surface area contributed by atoms with Crippen LogP contribution in [0.4, 0.5) is 4.39 Å². The summed E-state index contributed by atoms with van der Waals surface area (Å²) in [5.41, 5.74) is 1.24. The van der Waals surface area contributed by atoms with Gasteiger partial charge in [-0.3, -0.25) is 4.79 Å². The van der Waals surface area contributed by atoms with Gasteiger partial charge in [-0.2, -0.15) is 0 Å². The van der Waals surface area contributed by atoms with Crippen LogP contribution in [0.5, 0.6) is 0 Å². The highest BCUT2D eigenvalue weighted by Crippen LogP contribution is 2.26. The van der Waals surface area contributed by atoms with Crippen LogP contribution in [-0.4, -0.2) is 35.1 Å². The first-order chi connectivity index (χ1) is 11.1. The molecular formula is C17H22FN3O2. The molecule has 1 aliphatic rings. The van der Waals surface area contributed by atoms with Crippen LogP contribution in [0.1, 0.15) is 43.0 Å². The van der Waals surface area contributed by atoms with Crippen LogP contribution in [0.25, 0.3) is 11.0 Å². The number of imidazole rings is 1. The number of H-pyrrole nitrogens is 1. The van der Waals surface area contributed by atoms with Crippen molar-refractivity contribution in [2.75, 3.05) is 13.2 Å². The maximum atomic E-state index is 13.6. The van der Waals surface area contributed by atoms with Gasteiger partial charge in [-0.1, -0.05) is 19.8 Å². The average molecular weight is 319 g/mol. The Kier molecular flexibility index (Phi) is 4.91. The van der Waals surface area contributed by atoms with E-state index in [2.05, 4.69) is 22.2 Å². The van der Waals surface area contributed by atoms with E-state index in [1.165, 1.54) is 37.7 Å². The van der Waals surface area contributed by atoms with Gasteiger partial charge >= 0.3 is 0 Å². The summed E-state index contributed by atoms with van der Waals surface area (Å²) in [6.45, 7) is 3.09. The van der Waals surface area contributed by atoms with E-state index >= 15 is 0 Å². The first kappa shape index (κ1) is 15.9. The third-order valence-corrected chi connectivity index (χ3v) is 4.49. The molecule has 0 bridgehead atoms. The third kappa shape index (κ3) is 3.69. The second kappa shape index (κ2) is 7.08. The van der Waals surface area contributed by atoms with Crippen LogP contribution >= 0.6 is 0 Å². The first-order valence-electron chi connectivity index (χ1n) is 8.17. The fourth-order valence-electron chi connectivity index (χ4n) is 3.19. The Morgan fingerprint density at radius 1 is 1.43 bits per heavy atom. The summed E-state index contributed by atoms with van der Waals surface area (Å²) in [5, 5.41) is 2.78. The standard InChI is InChI=1S/C17H22FN3O2/c1-11-4-2-3-5-15(11)23-7-6-19-17(22)13-8-12(18)9-14-16(13)21-10-20-14/h8-11,15H,2-7H2,1H3,(H,19,22)(H,20,21). The number of ether oxygens (including phenoxy) is 1. The zero-order valence-electron chi connectivity index (χ0n) is 13.3. The van der Waals surface area contributed by atoms with Crippen molar-refractivity contribution in [1.82, 2.24) is 15.3 Å². The summed E-state index contributed by atoms with van der Waals surface area (Å²) in [5.74, 6) is -0.215. The fraction of sp³-hybridized carbons (Fsp3) is 0.529. The molecule has 0 aliphatic heterocycles. The highest BCUT2D eigenvalue weighted by molar-refractivity contribution is 6.04. The molecule has 1 aliphatic carbocycles. The Morgan fingerprint density at radius 3 is 3.09 bits per heavy atom. The molecule has 1 aromatic heterocycles. The molecule has 2 N–H and O–H groups in total. The molecule has 2 aromatic rings. The second-order valence-corrected chi connectivity index (χ2v) is 6.18. The van der Waals surface area contributed by atoms with Gasteiger partial charge in [-0.15, -0.1) is 0 Å². The largest absolute Gasteiger partial charge is 0.376 e. The molecule has 1 fully saturated rings. The van der Waals surface area contributed by atoms with Gasteiger partial charge in [-0.25, -0.2) is 9.37 Å². The van der Waals surface area contributed by atoms with Crippen molar-refractivity contribution < 1.29 is 13.9 Å². The van der Waals surface area contributed by atoms with Crippen molar-refractivity contribution in [1.29, 1.82) is 0 Å². The maximum absolute atomic E-state index is 13.6. The number of aromatic nitrogens is 2. The number of carbonyl (C=O) groups is 1. The van der Waals surface area contributed by atoms with Crippen LogP contribution in [-0.2, 0) is 4.74 Å². The Labute approximate surface area is 134 Å². The summed E-state index contributed by atoms with van der Waals surface area (Å²) >= 11 is 0. The lowest BCUT2D eigenvalue weighted by atomic mass is 9.88. The van der Waals surface area contributed by atoms with E-state index in [9.17, 15) is 9.18 Å². The van der Waals surface area contributed by atoms with Gasteiger partial charge in [0.1, 0.15) is 11.3 Å². The van der Waals surface area contributed by atoms with Gasteiger partial charge in [0.05, 0.1) is 30.1 Å². The maximum Gasteiger partial charge on any atom is 0.253 e. The number of amides is 1. The van der Waals surface area contributed by atoms with Crippen LogP contribution in [0.15, 0.2) is 18.5 Å². The van der Waals surface area contributed by atoms with Crippen molar-refractivity contribution in [2.24, 2.45) is 5.92 Å². The topological polar surface area (TPSA) is 67.0 Å². The lowest BCUT2D eigenvalue weighted by Gasteiger charge is -2.28. The van der Waals surface area contributed by atoms with Gasteiger partial charge in [-0.05, 0) is 30.9 Å². The molecule has 2 atom stereocenters. The first-order valence-corrected chi connectivity index (χ1v) is 8.17. The number of aromatic amines is 1. The van der Waals surface area contributed by atoms with Crippen LogP contribution in [0, 0.1) is 11.7 Å². The van der Waals surface area contributed by atoms with Crippen molar-refractivity contribution >= 4 is 16.9 Å². The average Bonchev–Trinajstić information content (AvgIpc) is 3.00. The molecule has 23 heavy (non-hydrogen) atoms. The Morgan fingerprint density at radius 2 is 2.26 bits per heavy atom. The Balaban J connectivity index is 1.53. The lowest BCUT2D eigenvalue weighted by Crippen LogP contribution is -2.32. The number of benzene rings is 1. The van der Waals surface area contributed by atoms with E-state index in [0.29, 0.717) is 30.1 Å². The second-order valence-electron chi connectivity index (χ2n) is 6.18. The molecule has 3 rings (SSSR count). The zero-order chi connectivity index (χ0) is 16.2. The van der Waals surface area contributed by atoms with Gasteiger partial charge in [0.2, 0.25) is 0 Å². The molecule has 5 nitrogen and oxygen atoms in total. The SMILES string of the molecule is CC1CCCCC1OCCNC(=O)c1cc(F)cc2[nH]cnc12. The van der Waals surface area contributed by atoms with Gasteiger partial charge in [0.25, 0.3) is 5.91 Å². The Hall–Kier alpha value is -1.95. The zero-order valence-corrected chi connectivity index (χ0v) is 13.3. The van der Waals surface area contributed by atoms with Gasteiger partial charge in [0, 0.05) is 6.54 Å². The van der Waals surface area contributed by atoms with Crippen LogP contribution in [0.2, 0.25) is 0 Å². The Bertz CT molecular complexity index is 686. The molecule has 1 saturated carbocycles. The van der Waals surface area contributed by atoms with E-state index in [0.717, 1.165) is 6.42 Å². The van der Waals surface area contributed by atoms with Crippen molar-refractivity contribution in [3.63, 3.8) is 0 Å². The smallest absolute Gasteiger partial charge is 0.253 e. The number of rotatable bonds is 5. The van der Waals surface area contributed by atoms with Crippen LogP contribution < -0.4 is 5.32 Å². The number of hydrogen-bond donors (Lipinski definition) is 2. The molecule has 6 heteroatoms. The normalized spacial score (nSPS) is 21.5. The molecule has 1 aromatic carbocycles. The van der Waals surface area contributed by atoms with Crippen molar-refractivity contribution in [3.05, 3.63) is 29.8 Å². The number of carbonyl (C=O) groups excluding carboxylic acids is 1. The van der Waals surface area contributed by atoms with Crippen LogP contribution in [0.3, 0.4) is 0 Å².